The van der Waals surface area contributed by atoms with E-state index in [1.54, 1.807) is 0 Å². The van der Waals surface area contributed by atoms with E-state index < -0.39 is 5.91 Å². The number of nitrogens with two attached hydrogens (primary N) is 1. The molecule has 2 fully saturated rings. The van der Waals surface area contributed by atoms with Gasteiger partial charge in [-0.1, -0.05) is 5.21 Å². The number of primary amides is 1. The van der Waals surface area contributed by atoms with Crippen molar-refractivity contribution < 1.29 is 4.79 Å². The topological polar surface area (TPSA) is 73.8 Å². The third-order valence-corrected chi connectivity index (χ3v) is 3.10. The van der Waals surface area contributed by atoms with Crippen molar-refractivity contribution in [1.29, 1.82) is 0 Å². The number of rotatable bonds is 4. The largest absolute Gasteiger partial charge is 0.364 e. The van der Waals surface area contributed by atoms with Gasteiger partial charge in [0.25, 0.3) is 5.91 Å². The second-order valence-electron chi connectivity index (χ2n) is 4.59. The Labute approximate surface area is 87.6 Å². The lowest BCUT2D eigenvalue weighted by atomic mass is 10.2. The molecule has 0 unspecified atom stereocenters. The van der Waals surface area contributed by atoms with Crippen molar-refractivity contribution in [2.75, 3.05) is 0 Å². The fraction of sp³-hybridized carbons (Fsp3) is 0.700. The summed E-state index contributed by atoms with van der Waals surface area (Å²) in [5, 5.41) is 7.94. The molecule has 5 nitrogen and oxygen atoms in total. The summed E-state index contributed by atoms with van der Waals surface area (Å²) in [6, 6.07) is 0. The van der Waals surface area contributed by atoms with Gasteiger partial charge in [0.2, 0.25) is 0 Å². The summed E-state index contributed by atoms with van der Waals surface area (Å²) in [7, 11) is 0. The van der Waals surface area contributed by atoms with Gasteiger partial charge < -0.3 is 5.73 Å². The first kappa shape index (κ1) is 8.88. The number of aromatic nitrogens is 3. The molecule has 2 saturated carbocycles. The molecule has 2 N–H and O–H groups in total. The highest BCUT2D eigenvalue weighted by Crippen LogP contribution is 2.42. The molecule has 15 heavy (non-hydrogen) atoms. The first-order valence-corrected chi connectivity index (χ1v) is 5.49. The van der Waals surface area contributed by atoms with Crippen LogP contribution < -0.4 is 5.73 Å². The van der Waals surface area contributed by atoms with Crippen LogP contribution in [0.2, 0.25) is 0 Å². The lowest BCUT2D eigenvalue weighted by molar-refractivity contribution is 0.0994. The number of hydrogen-bond donors (Lipinski definition) is 1. The molecular formula is C10H14N4O. The van der Waals surface area contributed by atoms with Crippen LogP contribution in [0, 0.1) is 5.92 Å². The van der Waals surface area contributed by atoms with Gasteiger partial charge in [0.15, 0.2) is 5.69 Å². The SMILES string of the molecule is NC(=O)c1nnn(CC2CC2)c1C1CC1. The van der Waals surface area contributed by atoms with Crippen LogP contribution >= 0.6 is 0 Å². The molecule has 3 rings (SSSR count). The van der Waals surface area contributed by atoms with Gasteiger partial charge in [0.05, 0.1) is 5.69 Å². The highest BCUT2D eigenvalue weighted by Gasteiger charge is 2.34. The normalized spacial score (nSPS) is 20.5. The third kappa shape index (κ3) is 1.62. The Bertz CT molecular complexity index is 404. The molecule has 80 valence electrons. The molecular weight excluding hydrogens is 192 g/mol. The molecule has 1 heterocycles. The van der Waals surface area contributed by atoms with E-state index in [9.17, 15) is 4.79 Å². The molecule has 0 aromatic carbocycles. The van der Waals surface area contributed by atoms with Crippen molar-refractivity contribution in [1.82, 2.24) is 15.0 Å². The van der Waals surface area contributed by atoms with Gasteiger partial charge in [-0.2, -0.15) is 0 Å². The van der Waals surface area contributed by atoms with Gasteiger partial charge in [0, 0.05) is 12.5 Å². The first-order chi connectivity index (χ1) is 7.25. The monoisotopic (exact) mass is 206 g/mol. The fourth-order valence-corrected chi connectivity index (χ4v) is 1.94. The van der Waals surface area contributed by atoms with Gasteiger partial charge in [0.1, 0.15) is 0 Å². The summed E-state index contributed by atoms with van der Waals surface area (Å²) in [6.07, 6.45) is 4.82. The van der Waals surface area contributed by atoms with Crippen LogP contribution in [-0.2, 0) is 6.54 Å². The lowest BCUT2D eigenvalue weighted by Gasteiger charge is -2.04. The molecule has 1 aromatic rings. The van der Waals surface area contributed by atoms with Gasteiger partial charge in [-0.3, -0.25) is 4.79 Å². The predicted octanol–water partition coefficient (Wildman–Crippen LogP) is 0.664. The zero-order valence-corrected chi connectivity index (χ0v) is 8.52. The Morgan fingerprint density at radius 3 is 2.67 bits per heavy atom. The van der Waals surface area contributed by atoms with Crippen LogP contribution in [0.5, 0.6) is 0 Å². The summed E-state index contributed by atoms with van der Waals surface area (Å²) in [5.74, 6) is 0.769. The number of amides is 1. The summed E-state index contributed by atoms with van der Waals surface area (Å²) in [5.41, 5.74) is 6.65. The molecule has 1 amide bonds. The minimum atomic E-state index is -0.445. The average molecular weight is 206 g/mol. The van der Waals surface area contributed by atoms with Crippen LogP contribution in [0.4, 0.5) is 0 Å². The maximum absolute atomic E-state index is 11.2. The van der Waals surface area contributed by atoms with E-state index >= 15 is 0 Å². The minimum absolute atomic E-state index is 0.387. The highest BCUT2D eigenvalue weighted by atomic mass is 16.1. The number of carbonyl (C=O) groups is 1. The van der Waals surface area contributed by atoms with Gasteiger partial charge in [-0.15, -0.1) is 5.10 Å². The highest BCUT2D eigenvalue weighted by molar-refractivity contribution is 5.92. The number of hydrogen-bond acceptors (Lipinski definition) is 3. The Balaban J connectivity index is 1.93. The minimum Gasteiger partial charge on any atom is -0.364 e. The molecule has 0 aliphatic heterocycles. The molecule has 2 aliphatic carbocycles. The second kappa shape index (κ2) is 3.05. The zero-order chi connectivity index (χ0) is 10.4. The van der Waals surface area contributed by atoms with E-state index in [4.69, 9.17) is 5.73 Å². The summed E-state index contributed by atoms with van der Waals surface area (Å²) >= 11 is 0. The first-order valence-electron chi connectivity index (χ1n) is 5.49. The third-order valence-electron chi connectivity index (χ3n) is 3.10. The van der Waals surface area contributed by atoms with E-state index in [1.165, 1.54) is 12.8 Å². The van der Waals surface area contributed by atoms with Gasteiger partial charge in [-0.25, -0.2) is 4.68 Å². The molecule has 0 saturated heterocycles. The summed E-state index contributed by atoms with van der Waals surface area (Å²) in [6.45, 7) is 0.909. The van der Waals surface area contributed by atoms with Crippen molar-refractivity contribution in [3.63, 3.8) is 0 Å². The van der Waals surface area contributed by atoms with Gasteiger partial charge in [-0.05, 0) is 31.6 Å². The van der Waals surface area contributed by atoms with Crippen molar-refractivity contribution in [3.8, 4) is 0 Å². The molecule has 1 aromatic heterocycles. The average Bonchev–Trinajstić information content (AvgIpc) is 3.06. The quantitative estimate of drug-likeness (QED) is 0.786. The Hall–Kier alpha value is -1.39. The van der Waals surface area contributed by atoms with Crippen LogP contribution in [0.15, 0.2) is 0 Å². The second-order valence-corrected chi connectivity index (χ2v) is 4.59. The van der Waals surface area contributed by atoms with Crippen LogP contribution in [0.3, 0.4) is 0 Å². The van der Waals surface area contributed by atoms with E-state index in [1.807, 2.05) is 4.68 Å². The Morgan fingerprint density at radius 1 is 1.40 bits per heavy atom. The maximum atomic E-state index is 11.2. The van der Waals surface area contributed by atoms with Crippen LogP contribution in [0.1, 0.15) is 47.8 Å². The maximum Gasteiger partial charge on any atom is 0.271 e. The van der Waals surface area contributed by atoms with Crippen molar-refractivity contribution in [3.05, 3.63) is 11.4 Å². The summed E-state index contributed by atoms with van der Waals surface area (Å²) in [4.78, 5) is 11.2. The number of carbonyl (C=O) groups excluding carboxylic acids is 1. The predicted molar refractivity (Wildman–Crippen MR) is 53.2 cm³/mol. The number of nitrogens with zero attached hydrogens (tertiary/aromatic N) is 3. The molecule has 0 bridgehead atoms. The molecule has 0 radical (unpaired) electrons. The van der Waals surface area contributed by atoms with E-state index in [0.717, 1.165) is 31.0 Å². The smallest absolute Gasteiger partial charge is 0.271 e. The van der Waals surface area contributed by atoms with E-state index in [-0.39, 0.29) is 0 Å². The van der Waals surface area contributed by atoms with Crippen molar-refractivity contribution in [2.24, 2.45) is 11.7 Å². The Morgan fingerprint density at radius 2 is 2.13 bits per heavy atom. The fourth-order valence-electron chi connectivity index (χ4n) is 1.94. The zero-order valence-electron chi connectivity index (χ0n) is 8.52. The van der Waals surface area contributed by atoms with E-state index in [0.29, 0.717) is 11.6 Å². The van der Waals surface area contributed by atoms with Crippen LogP contribution in [-0.4, -0.2) is 20.9 Å². The van der Waals surface area contributed by atoms with Gasteiger partial charge >= 0.3 is 0 Å². The van der Waals surface area contributed by atoms with Crippen molar-refractivity contribution in [2.45, 2.75) is 38.1 Å². The van der Waals surface area contributed by atoms with Crippen molar-refractivity contribution >= 4 is 5.91 Å². The standard InChI is InChI=1S/C10H14N4O/c11-10(15)8-9(7-3-4-7)14(13-12-8)5-6-1-2-6/h6-7H,1-5H2,(H2,11,15). The molecule has 0 atom stereocenters. The molecule has 0 spiro atoms. The summed E-state index contributed by atoms with van der Waals surface area (Å²) < 4.78 is 1.90. The van der Waals surface area contributed by atoms with Crippen LogP contribution in [0.25, 0.3) is 0 Å². The van der Waals surface area contributed by atoms with E-state index in [2.05, 4.69) is 10.3 Å². The molecule has 5 heteroatoms. The Kier molecular flexibility index (Phi) is 1.81. The molecule has 2 aliphatic rings. The lowest BCUT2D eigenvalue weighted by Crippen LogP contribution is -2.15.